The van der Waals surface area contributed by atoms with Crippen molar-refractivity contribution in [1.29, 1.82) is 0 Å². The van der Waals surface area contributed by atoms with Crippen LogP contribution in [0.25, 0.3) is 10.9 Å². The van der Waals surface area contributed by atoms with E-state index in [1.807, 2.05) is 30.3 Å². The number of nitrogens with zero attached hydrogens (tertiary/aromatic N) is 4. The van der Waals surface area contributed by atoms with Crippen molar-refractivity contribution in [3.8, 4) is 5.75 Å². The number of carbonyl (C=O) groups is 1. The fraction of sp³-hybridized carbons (Fsp3) is 0.463. The lowest BCUT2D eigenvalue weighted by Gasteiger charge is -2.43. The van der Waals surface area contributed by atoms with E-state index in [1.165, 1.54) is 11.1 Å². The Morgan fingerprint density at radius 3 is 2.06 bits per heavy atom. The van der Waals surface area contributed by atoms with E-state index in [4.69, 9.17) is 4.74 Å². The van der Waals surface area contributed by atoms with Crippen molar-refractivity contribution >= 4 is 16.8 Å². The number of amides is 1. The van der Waals surface area contributed by atoms with E-state index in [2.05, 4.69) is 80.3 Å². The number of β-amino-alcohol motifs (C(OH)–C–C–N with tert-alkyl or cyclic N) is 1. The van der Waals surface area contributed by atoms with Gasteiger partial charge in [0.15, 0.2) is 0 Å². The maximum absolute atomic E-state index is 13.9. The minimum Gasteiger partial charge on any atom is -0.490 e. The molecule has 2 saturated heterocycles. The third kappa shape index (κ3) is 9.65. The number of ether oxygens (including phenoxy) is 1. The second-order valence-corrected chi connectivity index (χ2v) is 13.6. The zero-order chi connectivity index (χ0) is 33.0. The van der Waals surface area contributed by atoms with Crippen LogP contribution in [0.1, 0.15) is 49.7 Å². The van der Waals surface area contributed by atoms with Crippen LogP contribution in [0.15, 0.2) is 97.2 Å². The Hall–Kier alpha value is -3.78. The quantitative estimate of drug-likeness (QED) is 0.165. The van der Waals surface area contributed by atoms with Crippen LogP contribution in [0.2, 0.25) is 0 Å². The SMILES string of the molecule is O=C(C(CCCc1ccccc1)CCCc1ccccc1)N1CCN(C2CCN(CC(O)COc3cccc4ncccc34)CC2)CC1. The summed E-state index contributed by atoms with van der Waals surface area (Å²) in [6.07, 6.45) is 9.49. The van der Waals surface area contributed by atoms with Gasteiger partial charge in [-0.2, -0.15) is 0 Å². The lowest BCUT2D eigenvalue weighted by molar-refractivity contribution is -0.138. The molecule has 2 fully saturated rings. The second-order valence-electron chi connectivity index (χ2n) is 13.6. The van der Waals surface area contributed by atoms with Gasteiger partial charge in [0.25, 0.3) is 0 Å². The number of carbonyl (C=O) groups excluding carboxylic acids is 1. The number of fused-ring (bicyclic) bond motifs is 1. The summed E-state index contributed by atoms with van der Waals surface area (Å²) < 4.78 is 6.01. The number of aryl methyl sites for hydroxylation is 2. The topological polar surface area (TPSA) is 69.1 Å². The molecular formula is C41H52N4O3. The first-order valence-corrected chi connectivity index (χ1v) is 18.1. The average molecular weight is 649 g/mol. The molecule has 7 nitrogen and oxygen atoms in total. The van der Waals surface area contributed by atoms with Crippen molar-refractivity contribution in [2.24, 2.45) is 5.92 Å². The van der Waals surface area contributed by atoms with Crippen LogP contribution in [0, 0.1) is 5.92 Å². The molecule has 2 aliphatic heterocycles. The Balaban J connectivity index is 0.927. The Labute approximate surface area is 286 Å². The molecule has 1 amide bonds. The largest absolute Gasteiger partial charge is 0.490 e. The first-order chi connectivity index (χ1) is 23.6. The summed E-state index contributed by atoms with van der Waals surface area (Å²) in [5, 5.41) is 11.7. The number of likely N-dealkylation sites (tertiary alicyclic amines) is 1. The number of benzene rings is 3. The van der Waals surface area contributed by atoms with Crippen molar-refractivity contribution in [2.75, 3.05) is 52.4 Å². The molecule has 7 heteroatoms. The molecule has 1 aromatic heterocycles. The van der Waals surface area contributed by atoms with E-state index >= 15 is 0 Å². The van der Waals surface area contributed by atoms with Crippen molar-refractivity contribution < 1.29 is 14.6 Å². The molecule has 3 heterocycles. The molecule has 48 heavy (non-hydrogen) atoms. The van der Waals surface area contributed by atoms with Crippen molar-refractivity contribution in [3.63, 3.8) is 0 Å². The van der Waals surface area contributed by atoms with E-state index in [9.17, 15) is 9.90 Å². The first-order valence-electron chi connectivity index (χ1n) is 18.1. The van der Waals surface area contributed by atoms with Gasteiger partial charge in [0, 0.05) is 56.3 Å². The summed E-state index contributed by atoms with van der Waals surface area (Å²) in [5.74, 6) is 1.23. The molecule has 1 atom stereocenters. The molecule has 0 bridgehead atoms. The minimum atomic E-state index is -0.545. The number of hydrogen-bond donors (Lipinski definition) is 1. The van der Waals surface area contributed by atoms with Crippen LogP contribution in [0.5, 0.6) is 5.75 Å². The molecule has 0 saturated carbocycles. The standard InChI is InChI=1S/C41H52N4O3/c46-37(32-48-40-21-9-20-39-38(40)19-10-24-42-39)31-43-25-22-36(23-26-43)44-27-29-45(30-28-44)41(47)35(17-7-15-33-11-3-1-4-12-33)18-8-16-34-13-5-2-6-14-34/h1-6,9-14,19-21,24,35-37,46H,7-8,15-18,22-23,25-32H2. The van der Waals surface area contributed by atoms with E-state index in [0.717, 1.165) is 107 Å². The molecule has 4 aromatic rings. The number of hydrogen-bond acceptors (Lipinski definition) is 6. The fourth-order valence-electron chi connectivity index (χ4n) is 7.56. The zero-order valence-corrected chi connectivity index (χ0v) is 28.3. The number of rotatable bonds is 15. The monoisotopic (exact) mass is 648 g/mol. The van der Waals surface area contributed by atoms with Gasteiger partial charge in [0.2, 0.25) is 5.91 Å². The highest BCUT2D eigenvalue weighted by Crippen LogP contribution is 2.25. The lowest BCUT2D eigenvalue weighted by atomic mass is 9.92. The van der Waals surface area contributed by atoms with Gasteiger partial charge in [0.05, 0.1) is 5.52 Å². The van der Waals surface area contributed by atoms with Gasteiger partial charge in [0.1, 0.15) is 18.5 Å². The van der Waals surface area contributed by atoms with Crippen LogP contribution in [-0.2, 0) is 17.6 Å². The normalized spacial score (nSPS) is 17.2. The van der Waals surface area contributed by atoms with Gasteiger partial charge in [-0.1, -0.05) is 66.7 Å². The van der Waals surface area contributed by atoms with Crippen LogP contribution in [0.3, 0.4) is 0 Å². The molecule has 254 valence electrons. The van der Waals surface area contributed by atoms with Crippen LogP contribution >= 0.6 is 0 Å². The van der Waals surface area contributed by atoms with Crippen LogP contribution in [0.4, 0.5) is 0 Å². The number of aliphatic hydroxyl groups is 1. The molecule has 0 radical (unpaired) electrons. The number of piperazine rings is 1. The fourth-order valence-corrected chi connectivity index (χ4v) is 7.56. The van der Waals surface area contributed by atoms with E-state index < -0.39 is 6.10 Å². The molecule has 1 unspecified atom stereocenters. The van der Waals surface area contributed by atoms with Crippen molar-refractivity contribution in [1.82, 2.24) is 19.7 Å². The predicted molar refractivity (Wildman–Crippen MR) is 193 cm³/mol. The van der Waals surface area contributed by atoms with Gasteiger partial charge < -0.3 is 19.6 Å². The first kappa shape index (κ1) is 34.1. The van der Waals surface area contributed by atoms with E-state index in [0.29, 0.717) is 18.5 Å². The summed E-state index contributed by atoms with van der Waals surface area (Å²) in [6.45, 7) is 6.39. The van der Waals surface area contributed by atoms with Gasteiger partial charge in [-0.3, -0.25) is 14.7 Å². The Morgan fingerprint density at radius 2 is 1.42 bits per heavy atom. The molecule has 3 aromatic carbocycles. The summed E-state index contributed by atoms with van der Waals surface area (Å²) in [4.78, 5) is 25.4. The van der Waals surface area contributed by atoms with Crippen molar-refractivity contribution in [3.05, 3.63) is 108 Å². The maximum Gasteiger partial charge on any atom is 0.225 e. The number of piperidine rings is 1. The summed E-state index contributed by atoms with van der Waals surface area (Å²) in [6, 6.07) is 31.6. The molecule has 0 aliphatic carbocycles. The van der Waals surface area contributed by atoms with Gasteiger partial charge in [-0.25, -0.2) is 0 Å². The molecule has 2 aliphatic rings. The highest BCUT2D eigenvalue weighted by atomic mass is 16.5. The van der Waals surface area contributed by atoms with Crippen molar-refractivity contribution in [2.45, 2.75) is 63.5 Å². The maximum atomic E-state index is 13.9. The van der Waals surface area contributed by atoms with E-state index in [-0.39, 0.29) is 12.5 Å². The predicted octanol–water partition coefficient (Wildman–Crippen LogP) is 6.25. The highest BCUT2D eigenvalue weighted by Gasteiger charge is 2.31. The van der Waals surface area contributed by atoms with E-state index in [1.54, 1.807) is 6.20 Å². The highest BCUT2D eigenvalue weighted by molar-refractivity contribution is 5.84. The minimum absolute atomic E-state index is 0.0971. The number of aromatic nitrogens is 1. The molecule has 0 spiro atoms. The van der Waals surface area contributed by atoms with Gasteiger partial charge >= 0.3 is 0 Å². The average Bonchev–Trinajstić information content (AvgIpc) is 3.14. The molecule has 1 N–H and O–H groups in total. The van der Waals surface area contributed by atoms with Gasteiger partial charge in [-0.15, -0.1) is 0 Å². The Kier molecular flexibility index (Phi) is 12.5. The summed E-state index contributed by atoms with van der Waals surface area (Å²) >= 11 is 0. The third-order valence-electron chi connectivity index (χ3n) is 10.3. The molecular weight excluding hydrogens is 596 g/mol. The van der Waals surface area contributed by atoms with Gasteiger partial charge in [-0.05, 0) is 99.8 Å². The lowest BCUT2D eigenvalue weighted by Crippen LogP contribution is -2.55. The second kappa shape index (κ2) is 17.6. The third-order valence-corrected chi connectivity index (χ3v) is 10.3. The van der Waals surface area contributed by atoms with Crippen LogP contribution in [-0.4, -0.2) is 95.3 Å². The smallest absolute Gasteiger partial charge is 0.225 e. The number of pyridine rings is 1. The zero-order valence-electron chi connectivity index (χ0n) is 28.3. The number of aliphatic hydroxyl groups excluding tert-OH is 1. The van der Waals surface area contributed by atoms with Crippen LogP contribution < -0.4 is 4.74 Å². The summed E-state index contributed by atoms with van der Waals surface area (Å²) in [7, 11) is 0. The summed E-state index contributed by atoms with van der Waals surface area (Å²) in [5.41, 5.74) is 3.61. The molecule has 6 rings (SSSR count). The Morgan fingerprint density at radius 1 is 0.771 bits per heavy atom. The Bertz CT molecular complexity index is 1480.